The predicted molar refractivity (Wildman–Crippen MR) is 51.1 cm³/mol. The van der Waals surface area contributed by atoms with Crippen molar-refractivity contribution >= 4 is 17.7 Å². The van der Waals surface area contributed by atoms with Gasteiger partial charge in [-0.15, -0.1) is 0 Å². The number of rotatable bonds is 1. The van der Waals surface area contributed by atoms with E-state index in [1.54, 1.807) is 6.07 Å². The molecule has 0 saturated heterocycles. The highest BCUT2D eigenvalue weighted by Gasteiger charge is 2.22. The molecule has 1 heterocycles. The number of hydrogen-bond acceptors (Lipinski definition) is 3. The monoisotopic (exact) mass is 204 g/mol. The number of carbonyl (C=O) groups excluding carboxylic acids is 3. The zero-order valence-electron chi connectivity index (χ0n) is 7.74. The van der Waals surface area contributed by atoms with Crippen LogP contribution in [0.25, 0.3) is 0 Å². The van der Waals surface area contributed by atoms with Crippen LogP contribution in [0.4, 0.5) is 0 Å². The summed E-state index contributed by atoms with van der Waals surface area (Å²) >= 11 is 0. The second-order valence-electron chi connectivity index (χ2n) is 3.29. The molecule has 1 aromatic rings. The van der Waals surface area contributed by atoms with Crippen molar-refractivity contribution in [2.75, 3.05) is 0 Å². The van der Waals surface area contributed by atoms with Crippen LogP contribution in [0.3, 0.4) is 0 Å². The summed E-state index contributed by atoms with van der Waals surface area (Å²) in [7, 11) is 0. The van der Waals surface area contributed by atoms with E-state index >= 15 is 0 Å². The van der Waals surface area contributed by atoms with Crippen molar-refractivity contribution in [1.29, 1.82) is 0 Å². The lowest BCUT2D eigenvalue weighted by molar-refractivity contribution is -0.119. The first-order valence-electron chi connectivity index (χ1n) is 4.35. The van der Waals surface area contributed by atoms with E-state index in [0.717, 1.165) is 0 Å². The van der Waals surface area contributed by atoms with Crippen LogP contribution in [-0.4, -0.2) is 17.7 Å². The van der Waals surface area contributed by atoms with Gasteiger partial charge in [0.25, 0.3) is 5.91 Å². The fourth-order valence-electron chi connectivity index (χ4n) is 1.51. The molecule has 0 atom stereocenters. The van der Waals surface area contributed by atoms with Crippen LogP contribution in [0, 0.1) is 0 Å². The maximum atomic E-state index is 11.4. The number of fused-ring (bicyclic) bond motifs is 1. The first-order chi connectivity index (χ1) is 7.08. The molecule has 3 N–H and O–H groups in total. The second kappa shape index (κ2) is 3.20. The predicted octanol–water partition coefficient (Wildman–Crippen LogP) is -0.402. The summed E-state index contributed by atoms with van der Waals surface area (Å²) in [5.41, 5.74) is 6.30. The van der Waals surface area contributed by atoms with E-state index in [1.165, 1.54) is 12.1 Å². The summed E-state index contributed by atoms with van der Waals surface area (Å²) in [5, 5.41) is 2.17. The quantitative estimate of drug-likeness (QED) is 0.610. The van der Waals surface area contributed by atoms with Gasteiger partial charge >= 0.3 is 0 Å². The van der Waals surface area contributed by atoms with Gasteiger partial charge in [-0.25, -0.2) is 0 Å². The van der Waals surface area contributed by atoms with E-state index in [2.05, 4.69) is 5.32 Å². The van der Waals surface area contributed by atoms with Crippen LogP contribution in [0.5, 0.6) is 0 Å². The van der Waals surface area contributed by atoms with Crippen LogP contribution in [-0.2, 0) is 11.2 Å². The average Bonchev–Trinajstić information content (AvgIpc) is 2.16. The van der Waals surface area contributed by atoms with Crippen LogP contribution in [0.15, 0.2) is 18.2 Å². The SMILES string of the molecule is NC(=O)c1ccc2c(c1)C(=O)NC(=O)C2. The third-order valence-corrected chi connectivity index (χ3v) is 2.24. The van der Waals surface area contributed by atoms with Gasteiger partial charge in [0.1, 0.15) is 0 Å². The van der Waals surface area contributed by atoms with Gasteiger partial charge in [0.15, 0.2) is 0 Å². The number of primary amides is 1. The minimum Gasteiger partial charge on any atom is -0.366 e. The summed E-state index contributed by atoms with van der Waals surface area (Å²) in [6.07, 6.45) is 0.153. The number of hydrogen-bond donors (Lipinski definition) is 2. The Morgan fingerprint density at radius 2 is 2.07 bits per heavy atom. The summed E-state index contributed by atoms with van der Waals surface area (Å²) in [5.74, 6) is -1.41. The molecule has 0 unspecified atom stereocenters. The number of nitrogens with two attached hydrogens (primary N) is 1. The zero-order valence-corrected chi connectivity index (χ0v) is 7.74. The Bertz CT molecular complexity index is 480. The normalized spacial score (nSPS) is 14.4. The maximum absolute atomic E-state index is 11.4. The maximum Gasteiger partial charge on any atom is 0.258 e. The van der Waals surface area contributed by atoms with Crippen molar-refractivity contribution in [3.8, 4) is 0 Å². The first kappa shape index (κ1) is 9.39. The Morgan fingerprint density at radius 1 is 1.33 bits per heavy atom. The van der Waals surface area contributed by atoms with E-state index in [4.69, 9.17) is 5.73 Å². The van der Waals surface area contributed by atoms with Gasteiger partial charge in [-0.3, -0.25) is 19.7 Å². The van der Waals surface area contributed by atoms with E-state index in [1.807, 2.05) is 0 Å². The smallest absolute Gasteiger partial charge is 0.258 e. The Balaban J connectivity index is 2.52. The molecule has 1 aliphatic heterocycles. The highest BCUT2D eigenvalue weighted by Crippen LogP contribution is 2.16. The highest BCUT2D eigenvalue weighted by molar-refractivity contribution is 6.10. The molecule has 1 aliphatic rings. The summed E-state index contributed by atoms with van der Waals surface area (Å²) in [6.45, 7) is 0. The number of imide groups is 1. The van der Waals surface area contributed by atoms with Crippen LogP contribution in [0.2, 0.25) is 0 Å². The van der Waals surface area contributed by atoms with Gasteiger partial charge in [0.05, 0.1) is 6.42 Å². The Hall–Kier alpha value is -2.17. The minimum absolute atomic E-state index is 0.153. The number of amides is 3. The molecule has 76 valence electrons. The standard InChI is InChI=1S/C10H8N2O3/c11-9(14)6-2-1-5-4-8(13)12-10(15)7(5)3-6/h1-3H,4H2,(H2,11,14)(H,12,13,15). The van der Waals surface area contributed by atoms with Crippen molar-refractivity contribution in [2.45, 2.75) is 6.42 Å². The third kappa shape index (κ3) is 1.59. The van der Waals surface area contributed by atoms with Crippen LogP contribution >= 0.6 is 0 Å². The van der Waals surface area contributed by atoms with E-state index < -0.39 is 11.8 Å². The first-order valence-corrected chi connectivity index (χ1v) is 4.35. The number of benzene rings is 1. The minimum atomic E-state index is -0.595. The van der Waals surface area contributed by atoms with Crippen molar-refractivity contribution in [3.05, 3.63) is 34.9 Å². The average molecular weight is 204 g/mol. The molecular weight excluding hydrogens is 196 g/mol. The molecular formula is C10H8N2O3. The molecule has 3 amide bonds. The lowest BCUT2D eigenvalue weighted by Gasteiger charge is -2.15. The summed E-state index contributed by atoms with van der Waals surface area (Å²) in [6, 6.07) is 4.48. The van der Waals surface area contributed by atoms with Crippen molar-refractivity contribution in [3.63, 3.8) is 0 Å². The van der Waals surface area contributed by atoms with Crippen LogP contribution in [0.1, 0.15) is 26.3 Å². The summed E-state index contributed by atoms with van der Waals surface area (Å²) in [4.78, 5) is 33.3. The topological polar surface area (TPSA) is 89.3 Å². The van der Waals surface area contributed by atoms with E-state index in [0.29, 0.717) is 11.1 Å². The molecule has 0 bridgehead atoms. The molecule has 5 nitrogen and oxygen atoms in total. The third-order valence-electron chi connectivity index (χ3n) is 2.24. The molecule has 15 heavy (non-hydrogen) atoms. The number of nitrogens with one attached hydrogen (secondary N) is 1. The Morgan fingerprint density at radius 3 is 2.73 bits per heavy atom. The molecule has 0 radical (unpaired) electrons. The van der Waals surface area contributed by atoms with Gasteiger partial charge < -0.3 is 5.73 Å². The Kier molecular flexibility index (Phi) is 2.00. The molecule has 5 heteroatoms. The molecule has 0 aliphatic carbocycles. The van der Waals surface area contributed by atoms with Crippen molar-refractivity contribution < 1.29 is 14.4 Å². The van der Waals surface area contributed by atoms with Gasteiger partial charge in [-0.1, -0.05) is 6.07 Å². The number of carbonyl (C=O) groups is 3. The Labute approximate surface area is 85.3 Å². The van der Waals surface area contributed by atoms with Gasteiger partial charge in [0, 0.05) is 11.1 Å². The lowest BCUT2D eigenvalue weighted by atomic mass is 9.97. The van der Waals surface area contributed by atoms with Crippen molar-refractivity contribution in [2.24, 2.45) is 5.73 Å². The zero-order chi connectivity index (χ0) is 11.0. The van der Waals surface area contributed by atoms with Gasteiger partial charge in [0.2, 0.25) is 11.8 Å². The molecule has 2 rings (SSSR count). The lowest BCUT2D eigenvalue weighted by Crippen LogP contribution is -2.37. The second-order valence-corrected chi connectivity index (χ2v) is 3.29. The summed E-state index contributed by atoms with van der Waals surface area (Å²) < 4.78 is 0. The molecule has 0 fully saturated rings. The van der Waals surface area contributed by atoms with Gasteiger partial charge in [-0.2, -0.15) is 0 Å². The molecule has 0 spiro atoms. The fourth-order valence-corrected chi connectivity index (χ4v) is 1.51. The molecule has 0 aromatic heterocycles. The van der Waals surface area contributed by atoms with Gasteiger partial charge in [-0.05, 0) is 17.7 Å². The molecule has 0 saturated carbocycles. The van der Waals surface area contributed by atoms with E-state index in [-0.39, 0.29) is 17.9 Å². The highest BCUT2D eigenvalue weighted by atomic mass is 16.2. The van der Waals surface area contributed by atoms with Crippen LogP contribution < -0.4 is 11.1 Å². The van der Waals surface area contributed by atoms with E-state index in [9.17, 15) is 14.4 Å². The fraction of sp³-hybridized carbons (Fsp3) is 0.100. The largest absolute Gasteiger partial charge is 0.366 e. The van der Waals surface area contributed by atoms with Crippen molar-refractivity contribution in [1.82, 2.24) is 5.32 Å². The molecule has 1 aromatic carbocycles.